The molecule has 0 aliphatic carbocycles. The topological polar surface area (TPSA) is 21.3 Å². The maximum Gasteiger partial charge on any atom is 0.123 e. The number of nitrogens with one attached hydrogen (secondary N) is 1. The van der Waals surface area contributed by atoms with Crippen LogP contribution in [0.5, 0.6) is 0 Å². The molecule has 3 atom stereocenters. The minimum atomic E-state index is -0.194. The van der Waals surface area contributed by atoms with E-state index < -0.39 is 0 Å². The Labute approximate surface area is 137 Å². The predicted octanol–water partition coefficient (Wildman–Crippen LogP) is 5.22. The van der Waals surface area contributed by atoms with Crippen molar-refractivity contribution in [2.75, 3.05) is 11.9 Å². The lowest BCUT2D eigenvalue weighted by molar-refractivity contribution is -0.0381. The second-order valence-corrected chi connectivity index (χ2v) is 6.92. The number of fused-ring (bicyclic) bond motifs is 3. The average molecular weight is 362 g/mol. The number of hydrogen-bond donors (Lipinski definition) is 1. The highest BCUT2D eigenvalue weighted by molar-refractivity contribution is 9.10. The highest BCUT2D eigenvalue weighted by Gasteiger charge is 2.39. The van der Waals surface area contributed by atoms with Crippen LogP contribution in [0.1, 0.15) is 36.1 Å². The van der Waals surface area contributed by atoms with Crippen molar-refractivity contribution in [2.24, 2.45) is 5.92 Å². The molecule has 0 bridgehead atoms. The summed E-state index contributed by atoms with van der Waals surface area (Å²) in [6.07, 6.45) is 2.30. The molecular formula is C18H17BrFNO. The van der Waals surface area contributed by atoms with Crippen LogP contribution in [0.15, 0.2) is 46.9 Å². The van der Waals surface area contributed by atoms with Gasteiger partial charge in [0.1, 0.15) is 5.82 Å². The Balaban J connectivity index is 1.77. The summed E-state index contributed by atoms with van der Waals surface area (Å²) in [6, 6.07) is 13.3. The fraction of sp³-hybridized carbons (Fsp3) is 0.333. The van der Waals surface area contributed by atoms with E-state index in [1.807, 2.05) is 18.2 Å². The Morgan fingerprint density at radius 1 is 1.14 bits per heavy atom. The Morgan fingerprint density at radius 2 is 1.95 bits per heavy atom. The van der Waals surface area contributed by atoms with Gasteiger partial charge in [-0.05, 0) is 48.7 Å². The molecule has 22 heavy (non-hydrogen) atoms. The lowest BCUT2D eigenvalue weighted by atomic mass is 9.77. The second-order valence-electron chi connectivity index (χ2n) is 6.00. The minimum absolute atomic E-state index is 0.109. The molecule has 1 fully saturated rings. The number of ether oxygens (including phenoxy) is 1. The quantitative estimate of drug-likeness (QED) is 0.751. The first kappa shape index (κ1) is 14.2. The molecule has 0 saturated carbocycles. The van der Waals surface area contributed by atoms with Gasteiger partial charge in [-0.2, -0.15) is 0 Å². The molecule has 0 radical (unpaired) electrons. The molecule has 1 saturated heterocycles. The van der Waals surface area contributed by atoms with Gasteiger partial charge in [-0.25, -0.2) is 4.39 Å². The molecule has 0 amide bonds. The van der Waals surface area contributed by atoms with Crippen LogP contribution in [0.4, 0.5) is 10.1 Å². The van der Waals surface area contributed by atoms with Crippen LogP contribution >= 0.6 is 15.9 Å². The first-order valence-electron chi connectivity index (χ1n) is 7.65. The molecule has 2 aromatic rings. The normalized spacial score (nSPS) is 26.7. The molecule has 4 rings (SSSR count). The summed E-state index contributed by atoms with van der Waals surface area (Å²) in [4.78, 5) is 0. The van der Waals surface area contributed by atoms with Crippen LogP contribution in [-0.2, 0) is 4.74 Å². The number of anilines is 1. The van der Waals surface area contributed by atoms with Gasteiger partial charge >= 0.3 is 0 Å². The van der Waals surface area contributed by atoms with Crippen molar-refractivity contribution < 1.29 is 9.13 Å². The molecule has 2 aliphatic heterocycles. The maximum atomic E-state index is 13.2. The second kappa shape index (κ2) is 5.67. The molecule has 2 heterocycles. The average Bonchev–Trinajstić information content (AvgIpc) is 2.55. The zero-order valence-electron chi connectivity index (χ0n) is 12.1. The molecule has 2 nitrogen and oxygen atoms in total. The summed E-state index contributed by atoms with van der Waals surface area (Å²) >= 11 is 3.55. The van der Waals surface area contributed by atoms with Gasteiger partial charge < -0.3 is 10.1 Å². The van der Waals surface area contributed by atoms with E-state index in [9.17, 15) is 4.39 Å². The molecule has 0 aromatic heterocycles. The minimum Gasteiger partial charge on any atom is -0.378 e. The van der Waals surface area contributed by atoms with Crippen molar-refractivity contribution in [3.05, 3.63) is 63.9 Å². The monoisotopic (exact) mass is 361 g/mol. The van der Waals surface area contributed by atoms with Crippen molar-refractivity contribution in [1.29, 1.82) is 0 Å². The highest BCUT2D eigenvalue weighted by atomic mass is 79.9. The maximum absolute atomic E-state index is 13.2. The zero-order chi connectivity index (χ0) is 15.1. The van der Waals surface area contributed by atoms with E-state index in [0.29, 0.717) is 5.92 Å². The van der Waals surface area contributed by atoms with Crippen LogP contribution in [0.2, 0.25) is 0 Å². The van der Waals surface area contributed by atoms with Crippen LogP contribution in [0, 0.1) is 11.7 Å². The Hall–Kier alpha value is -1.39. The summed E-state index contributed by atoms with van der Waals surface area (Å²) in [6.45, 7) is 0.809. The third-order valence-corrected chi connectivity index (χ3v) is 5.15. The molecule has 0 unspecified atom stereocenters. The van der Waals surface area contributed by atoms with Crippen LogP contribution < -0.4 is 5.32 Å². The van der Waals surface area contributed by atoms with Crippen molar-refractivity contribution in [3.63, 3.8) is 0 Å². The van der Waals surface area contributed by atoms with Gasteiger partial charge in [0.05, 0.1) is 12.1 Å². The van der Waals surface area contributed by atoms with Gasteiger partial charge in [-0.15, -0.1) is 0 Å². The highest BCUT2D eigenvalue weighted by Crippen LogP contribution is 2.49. The number of hydrogen-bond acceptors (Lipinski definition) is 2. The van der Waals surface area contributed by atoms with Crippen LogP contribution in [0.25, 0.3) is 0 Å². The van der Waals surface area contributed by atoms with Gasteiger partial charge in [-0.1, -0.05) is 28.1 Å². The molecule has 2 aromatic carbocycles. The third-order valence-electron chi connectivity index (χ3n) is 4.66. The van der Waals surface area contributed by atoms with Gasteiger partial charge in [0, 0.05) is 28.2 Å². The van der Waals surface area contributed by atoms with Crippen LogP contribution in [0.3, 0.4) is 0 Å². The Kier molecular flexibility index (Phi) is 3.66. The smallest absolute Gasteiger partial charge is 0.123 e. The molecular weight excluding hydrogens is 345 g/mol. The van der Waals surface area contributed by atoms with E-state index in [4.69, 9.17) is 4.74 Å². The molecule has 1 N–H and O–H groups in total. The Morgan fingerprint density at radius 3 is 2.77 bits per heavy atom. The van der Waals surface area contributed by atoms with Crippen molar-refractivity contribution in [3.8, 4) is 0 Å². The van der Waals surface area contributed by atoms with E-state index in [0.717, 1.165) is 35.2 Å². The fourth-order valence-corrected chi connectivity index (χ4v) is 4.02. The van der Waals surface area contributed by atoms with E-state index in [1.165, 1.54) is 17.7 Å². The molecule has 0 spiro atoms. The first-order chi connectivity index (χ1) is 10.7. The van der Waals surface area contributed by atoms with Crippen molar-refractivity contribution >= 4 is 21.6 Å². The lowest BCUT2D eigenvalue weighted by Gasteiger charge is -2.43. The zero-order valence-corrected chi connectivity index (χ0v) is 13.6. The first-order valence-corrected chi connectivity index (χ1v) is 8.45. The summed E-state index contributed by atoms with van der Waals surface area (Å²) in [5.74, 6) is 0.182. The van der Waals surface area contributed by atoms with Gasteiger partial charge in [0.15, 0.2) is 0 Å². The van der Waals surface area contributed by atoms with E-state index >= 15 is 0 Å². The van der Waals surface area contributed by atoms with Crippen LogP contribution in [-0.4, -0.2) is 6.61 Å². The summed E-state index contributed by atoms with van der Waals surface area (Å²) in [5.41, 5.74) is 3.45. The van der Waals surface area contributed by atoms with E-state index in [1.54, 1.807) is 0 Å². The van der Waals surface area contributed by atoms with Crippen molar-refractivity contribution in [2.45, 2.75) is 25.0 Å². The largest absolute Gasteiger partial charge is 0.378 e. The van der Waals surface area contributed by atoms with E-state index in [2.05, 4.69) is 33.4 Å². The van der Waals surface area contributed by atoms with Crippen molar-refractivity contribution in [1.82, 2.24) is 0 Å². The van der Waals surface area contributed by atoms with E-state index in [-0.39, 0.29) is 18.0 Å². The fourth-order valence-electron chi connectivity index (χ4n) is 3.64. The van der Waals surface area contributed by atoms with Gasteiger partial charge in [0.25, 0.3) is 0 Å². The van der Waals surface area contributed by atoms with Gasteiger partial charge in [-0.3, -0.25) is 0 Å². The number of rotatable bonds is 1. The standard InChI is InChI=1S/C18H17BrFNO/c19-12-5-8-16-15(10-12)18-14(2-1-9-22-18)17(21-16)11-3-6-13(20)7-4-11/h3-8,10,14,17-18,21H,1-2,9H2/t14-,17+,18-/m0/s1. The Bertz CT molecular complexity index is 688. The number of halogens is 2. The number of benzene rings is 2. The predicted molar refractivity (Wildman–Crippen MR) is 88.3 cm³/mol. The SMILES string of the molecule is Fc1ccc([C@H]2Nc3ccc(Br)cc3[C@H]3OCCC[C@@H]23)cc1. The summed E-state index contributed by atoms with van der Waals surface area (Å²) < 4.78 is 20.4. The summed E-state index contributed by atoms with van der Waals surface area (Å²) in [5, 5.41) is 3.64. The lowest BCUT2D eigenvalue weighted by Crippen LogP contribution is -2.36. The van der Waals surface area contributed by atoms with Gasteiger partial charge in [0.2, 0.25) is 0 Å². The molecule has 114 valence electrons. The third kappa shape index (κ3) is 2.44. The summed E-state index contributed by atoms with van der Waals surface area (Å²) in [7, 11) is 0. The molecule has 4 heteroatoms. The molecule has 2 aliphatic rings.